The van der Waals surface area contributed by atoms with Crippen molar-refractivity contribution in [3.8, 4) is 11.1 Å². The molecule has 2 fully saturated rings. The number of carboxylic acid groups (broad SMARTS) is 1. The van der Waals surface area contributed by atoms with Crippen LogP contribution in [-0.2, 0) is 4.74 Å². The lowest BCUT2D eigenvalue weighted by Gasteiger charge is -2.36. The quantitative estimate of drug-likeness (QED) is 0.606. The number of hydrogen-bond donors (Lipinski definition) is 1. The first-order valence-corrected chi connectivity index (χ1v) is 10.7. The second kappa shape index (κ2) is 7.68. The molecule has 31 heavy (non-hydrogen) atoms. The highest BCUT2D eigenvalue weighted by molar-refractivity contribution is 6.30. The summed E-state index contributed by atoms with van der Waals surface area (Å²) in [7, 11) is 0. The lowest BCUT2D eigenvalue weighted by molar-refractivity contribution is -0.0691. The summed E-state index contributed by atoms with van der Waals surface area (Å²) in [6, 6.07) is 23.1. The number of rotatable bonds is 4. The molecule has 0 spiro atoms. The number of anilines is 1. The summed E-state index contributed by atoms with van der Waals surface area (Å²) in [6.45, 7) is 4.69. The average molecular weight is 435 g/mol. The maximum atomic E-state index is 11.4. The Kier molecular flexibility index (Phi) is 4.97. The van der Waals surface area contributed by atoms with Crippen LogP contribution in [0.5, 0.6) is 0 Å². The highest BCUT2D eigenvalue weighted by atomic mass is 35.5. The third-order valence-electron chi connectivity index (χ3n) is 6.25. The van der Waals surface area contributed by atoms with Gasteiger partial charge in [0.1, 0.15) is 0 Å². The van der Waals surface area contributed by atoms with Gasteiger partial charge >= 0.3 is 5.97 Å². The minimum Gasteiger partial charge on any atom is -0.478 e. The van der Waals surface area contributed by atoms with Gasteiger partial charge < -0.3 is 14.7 Å². The Morgan fingerprint density at radius 1 is 1.03 bits per heavy atom. The molecule has 2 aliphatic heterocycles. The van der Waals surface area contributed by atoms with Gasteiger partial charge in [-0.1, -0.05) is 48.0 Å². The number of aromatic carboxylic acids is 1. The van der Waals surface area contributed by atoms with Gasteiger partial charge in [0, 0.05) is 30.3 Å². The van der Waals surface area contributed by atoms with Gasteiger partial charge in [-0.3, -0.25) is 4.90 Å². The van der Waals surface area contributed by atoms with E-state index < -0.39 is 11.8 Å². The highest BCUT2D eigenvalue weighted by Crippen LogP contribution is 2.44. The molecule has 3 aromatic carbocycles. The second-order valence-corrected chi connectivity index (χ2v) is 8.57. The molecule has 6 heteroatoms. The first-order chi connectivity index (χ1) is 14.9. The molecule has 5 rings (SSSR count). The Labute approximate surface area is 186 Å². The number of hydrogen-bond acceptors (Lipinski definition) is 4. The van der Waals surface area contributed by atoms with Gasteiger partial charge in [-0.15, -0.1) is 0 Å². The number of carboxylic acids is 1. The Bertz CT molecular complexity index is 1150. The molecule has 0 bridgehead atoms. The van der Waals surface area contributed by atoms with Crippen LogP contribution in [0.2, 0.25) is 5.02 Å². The Hall–Kier alpha value is -2.86. The van der Waals surface area contributed by atoms with Crippen LogP contribution in [0.3, 0.4) is 0 Å². The molecule has 0 radical (unpaired) electrons. The predicted molar refractivity (Wildman–Crippen MR) is 121 cm³/mol. The molecule has 0 aromatic heterocycles. The monoisotopic (exact) mass is 434 g/mol. The van der Waals surface area contributed by atoms with Crippen LogP contribution in [0, 0.1) is 0 Å². The fraction of sp³-hybridized carbons (Fsp3) is 0.240. The van der Waals surface area contributed by atoms with Crippen molar-refractivity contribution in [1.29, 1.82) is 0 Å². The molecule has 2 atom stereocenters. The van der Waals surface area contributed by atoms with E-state index in [1.807, 2.05) is 36.4 Å². The molecule has 3 aromatic rings. The van der Waals surface area contributed by atoms with E-state index in [0.29, 0.717) is 5.02 Å². The normalized spacial score (nSPS) is 23.2. The number of fused-ring (bicyclic) bond motifs is 1. The summed E-state index contributed by atoms with van der Waals surface area (Å²) in [5, 5.41) is 10.0. The van der Waals surface area contributed by atoms with Crippen molar-refractivity contribution in [1.82, 2.24) is 4.90 Å². The Morgan fingerprint density at radius 3 is 2.55 bits per heavy atom. The predicted octanol–water partition coefficient (Wildman–Crippen LogP) is 5.27. The van der Waals surface area contributed by atoms with Crippen LogP contribution in [0.25, 0.3) is 11.1 Å². The average Bonchev–Trinajstić information content (AvgIpc) is 3.27. The maximum absolute atomic E-state index is 11.4. The first-order valence-electron chi connectivity index (χ1n) is 10.3. The van der Waals surface area contributed by atoms with Crippen LogP contribution in [0.15, 0.2) is 72.8 Å². The topological polar surface area (TPSA) is 53.0 Å². The van der Waals surface area contributed by atoms with Gasteiger partial charge in [0.05, 0.1) is 11.7 Å². The minimum absolute atomic E-state index is 0.0399. The van der Waals surface area contributed by atoms with Crippen LogP contribution < -0.4 is 4.90 Å². The van der Waals surface area contributed by atoms with Gasteiger partial charge in [0.25, 0.3) is 0 Å². The lowest BCUT2D eigenvalue weighted by Crippen LogP contribution is -2.48. The zero-order chi connectivity index (χ0) is 21.6. The second-order valence-electron chi connectivity index (χ2n) is 8.13. The fourth-order valence-electron chi connectivity index (χ4n) is 4.65. The SMILES string of the molecule is CC12O[C@H](c3cccc(Cl)c3)CN1CCN2c1cccc(-c2cccc(C(=O)O)c2)c1. The van der Waals surface area contributed by atoms with Crippen LogP contribution in [0.1, 0.15) is 28.9 Å². The van der Waals surface area contributed by atoms with Gasteiger partial charge in [-0.25, -0.2) is 4.79 Å². The summed E-state index contributed by atoms with van der Waals surface area (Å²) in [5.41, 5.74) is 4.28. The number of carbonyl (C=O) groups is 1. The molecule has 5 nitrogen and oxygen atoms in total. The Morgan fingerprint density at radius 2 is 1.77 bits per heavy atom. The van der Waals surface area contributed by atoms with Crippen LogP contribution >= 0.6 is 11.6 Å². The van der Waals surface area contributed by atoms with Crippen molar-refractivity contribution in [2.75, 3.05) is 24.5 Å². The molecule has 0 saturated carbocycles. The van der Waals surface area contributed by atoms with Crippen molar-refractivity contribution in [2.45, 2.75) is 18.9 Å². The molecule has 0 amide bonds. The van der Waals surface area contributed by atoms with E-state index in [-0.39, 0.29) is 11.7 Å². The molecule has 2 aliphatic rings. The van der Waals surface area contributed by atoms with Gasteiger partial charge in [0.2, 0.25) is 0 Å². The first kappa shape index (κ1) is 20.1. The van der Waals surface area contributed by atoms with Gasteiger partial charge in [-0.05, 0) is 60.0 Å². The molecule has 1 unspecified atom stereocenters. The molecule has 1 N–H and O–H groups in total. The van der Waals surface area contributed by atoms with Gasteiger partial charge in [0.15, 0.2) is 5.85 Å². The van der Waals surface area contributed by atoms with Crippen molar-refractivity contribution in [2.24, 2.45) is 0 Å². The summed E-state index contributed by atoms with van der Waals surface area (Å²) < 4.78 is 6.59. The molecule has 2 heterocycles. The molecular weight excluding hydrogens is 412 g/mol. The van der Waals surface area contributed by atoms with Crippen LogP contribution in [-0.4, -0.2) is 41.5 Å². The van der Waals surface area contributed by atoms with Crippen molar-refractivity contribution < 1.29 is 14.6 Å². The van der Waals surface area contributed by atoms with E-state index >= 15 is 0 Å². The smallest absolute Gasteiger partial charge is 0.335 e. The van der Waals surface area contributed by atoms with E-state index in [1.54, 1.807) is 18.2 Å². The molecule has 2 saturated heterocycles. The van der Waals surface area contributed by atoms with Gasteiger partial charge in [-0.2, -0.15) is 0 Å². The third-order valence-corrected chi connectivity index (χ3v) is 6.49. The standard InChI is InChI=1S/C25H23ClN2O3/c1-25-27(16-23(31-25)19-7-3-9-21(26)14-19)11-12-28(25)22-10-4-6-18(15-22)17-5-2-8-20(13-17)24(29)30/h2-10,13-15,23H,11-12,16H2,1H3,(H,29,30)/t23-,25?/m0/s1. The molecule has 0 aliphatic carbocycles. The lowest BCUT2D eigenvalue weighted by atomic mass is 10.0. The van der Waals surface area contributed by atoms with E-state index in [4.69, 9.17) is 16.3 Å². The largest absolute Gasteiger partial charge is 0.478 e. The van der Waals surface area contributed by atoms with E-state index in [1.165, 1.54) is 0 Å². The third kappa shape index (κ3) is 3.59. The number of benzene rings is 3. The van der Waals surface area contributed by atoms with E-state index in [2.05, 4.69) is 34.9 Å². The van der Waals surface area contributed by atoms with Crippen molar-refractivity contribution in [3.63, 3.8) is 0 Å². The van der Waals surface area contributed by atoms with E-state index in [0.717, 1.165) is 42.0 Å². The minimum atomic E-state index is -0.924. The summed E-state index contributed by atoms with van der Waals surface area (Å²) in [4.78, 5) is 16.0. The summed E-state index contributed by atoms with van der Waals surface area (Å²) in [5.74, 6) is -1.47. The molecular formula is C25H23ClN2O3. The van der Waals surface area contributed by atoms with Crippen molar-refractivity contribution in [3.05, 3.63) is 88.9 Å². The van der Waals surface area contributed by atoms with Crippen LogP contribution in [0.4, 0.5) is 5.69 Å². The summed E-state index contributed by atoms with van der Waals surface area (Å²) in [6.07, 6.45) is -0.0399. The molecule has 158 valence electrons. The Balaban J connectivity index is 1.44. The summed E-state index contributed by atoms with van der Waals surface area (Å²) >= 11 is 6.19. The highest BCUT2D eigenvalue weighted by Gasteiger charge is 2.51. The number of nitrogens with zero attached hydrogens (tertiary/aromatic N) is 2. The number of ether oxygens (including phenoxy) is 1. The van der Waals surface area contributed by atoms with Crippen molar-refractivity contribution >= 4 is 23.3 Å². The fourth-order valence-corrected chi connectivity index (χ4v) is 4.84. The maximum Gasteiger partial charge on any atom is 0.335 e. The number of halogens is 1. The van der Waals surface area contributed by atoms with E-state index in [9.17, 15) is 9.90 Å². The zero-order valence-corrected chi connectivity index (χ0v) is 17.9. The zero-order valence-electron chi connectivity index (χ0n) is 17.2.